The molecule has 0 N–H and O–H groups in total. The minimum Gasteiger partial charge on any atom is -0.374 e. The minimum absolute atomic E-state index is 0.0373. The third-order valence-electron chi connectivity index (χ3n) is 5.93. The maximum absolute atomic E-state index is 15.1. The summed E-state index contributed by atoms with van der Waals surface area (Å²) in [7, 11) is 0. The van der Waals surface area contributed by atoms with Crippen LogP contribution in [0.1, 0.15) is 29.5 Å². The molecule has 1 saturated heterocycles. The van der Waals surface area contributed by atoms with E-state index in [2.05, 4.69) is 11.7 Å². The lowest BCUT2D eigenvalue weighted by atomic mass is 9.84. The van der Waals surface area contributed by atoms with Crippen LogP contribution < -0.4 is 0 Å². The van der Waals surface area contributed by atoms with Gasteiger partial charge in [-0.05, 0) is 23.3 Å². The summed E-state index contributed by atoms with van der Waals surface area (Å²) < 4.78 is 71.2. The van der Waals surface area contributed by atoms with Gasteiger partial charge in [-0.2, -0.15) is 13.2 Å². The Balaban J connectivity index is 1.55. The first-order valence-corrected chi connectivity index (χ1v) is 10.8. The van der Waals surface area contributed by atoms with Crippen LogP contribution in [0.3, 0.4) is 0 Å². The molecule has 4 rings (SSSR count). The Morgan fingerprint density at radius 3 is 2.26 bits per heavy atom. The van der Waals surface area contributed by atoms with E-state index in [-0.39, 0.29) is 42.3 Å². The Kier molecular flexibility index (Phi) is 6.14. The Morgan fingerprint density at radius 1 is 1.15 bits per heavy atom. The van der Waals surface area contributed by atoms with E-state index in [0.717, 1.165) is 12.1 Å². The van der Waals surface area contributed by atoms with Crippen LogP contribution >= 0.6 is 23.2 Å². The van der Waals surface area contributed by atoms with Gasteiger partial charge in [0.25, 0.3) is 5.60 Å². The number of likely N-dealkylation sites (tertiary alicyclic amines) is 1. The molecule has 0 saturated carbocycles. The molecule has 34 heavy (non-hydrogen) atoms. The molecule has 1 atom stereocenters. The van der Waals surface area contributed by atoms with E-state index >= 15 is 4.39 Å². The average molecular weight is 519 g/mol. The summed E-state index contributed by atoms with van der Waals surface area (Å²) in [5.74, 6) is -1.28. The van der Waals surface area contributed by atoms with Gasteiger partial charge in [0, 0.05) is 18.4 Å². The Labute approximate surface area is 201 Å². The number of carbonyl (C=O) groups excluding carboxylic acids is 1. The molecule has 1 amide bonds. The van der Waals surface area contributed by atoms with Gasteiger partial charge in [-0.1, -0.05) is 58.7 Å². The predicted molar refractivity (Wildman–Crippen MR) is 117 cm³/mol. The van der Waals surface area contributed by atoms with Crippen LogP contribution in [0.15, 0.2) is 54.2 Å². The van der Waals surface area contributed by atoms with Crippen molar-refractivity contribution in [3.05, 3.63) is 81.6 Å². The van der Waals surface area contributed by atoms with Crippen molar-refractivity contribution >= 4 is 34.8 Å². The molecule has 1 unspecified atom stereocenters. The molecule has 2 aromatic rings. The SMILES string of the molecule is C=CCC(=O)N1CC(F)(c2ccc(C3=NOC(c4cc(Cl)c(F)c(Cl)c4)(C(F)(F)F)C3)cc2)C1. The van der Waals surface area contributed by atoms with Gasteiger partial charge in [-0.3, -0.25) is 4.79 Å². The highest BCUT2D eigenvalue weighted by Gasteiger charge is 2.62. The van der Waals surface area contributed by atoms with Gasteiger partial charge in [0.2, 0.25) is 5.91 Å². The summed E-state index contributed by atoms with van der Waals surface area (Å²) in [5.41, 5.74) is -4.61. The summed E-state index contributed by atoms with van der Waals surface area (Å²) in [6, 6.07) is 7.36. The molecule has 0 aromatic heterocycles. The van der Waals surface area contributed by atoms with E-state index in [0.29, 0.717) is 0 Å². The largest absolute Gasteiger partial charge is 0.435 e. The third kappa shape index (κ3) is 4.05. The van der Waals surface area contributed by atoms with Crippen LogP contribution in [-0.2, 0) is 20.9 Å². The van der Waals surface area contributed by atoms with E-state index in [1.54, 1.807) is 0 Å². The number of oxime groups is 1. The van der Waals surface area contributed by atoms with Crippen molar-refractivity contribution in [3.8, 4) is 0 Å². The fourth-order valence-corrected chi connectivity index (χ4v) is 4.47. The van der Waals surface area contributed by atoms with Crippen LogP contribution in [-0.4, -0.2) is 35.8 Å². The predicted octanol–water partition coefficient (Wildman–Crippen LogP) is 6.30. The zero-order valence-corrected chi connectivity index (χ0v) is 18.9. The molecule has 2 aliphatic rings. The van der Waals surface area contributed by atoms with Crippen LogP contribution in [0.5, 0.6) is 0 Å². The van der Waals surface area contributed by atoms with Gasteiger partial charge in [-0.25, -0.2) is 8.78 Å². The number of rotatable bonds is 5. The number of halogens is 7. The molecule has 180 valence electrons. The Bertz CT molecular complexity index is 1150. The van der Waals surface area contributed by atoms with Crippen molar-refractivity contribution in [2.45, 2.75) is 30.3 Å². The lowest BCUT2D eigenvalue weighted by Crippen LogP contribution is -2.58. The topological polar surface area (TPSA) is 41.9 Å². The molecule has 0 spiro atoms. The molecule has 0 bridgehead atoms. The van der Waals surface area contributed by atoms with Crippen molar-refractivity contribution < 1.29 is 31.6 Å². The molecular weight excluding hydrogens is 502 g/mol. The molecule has 1 fully saturated rings. The summed E-state index contributed by atoms with van der Waals surface area (Å²) in [6.07, 6.45) is -4.10. The molecular formula is C23H17Cl2F5N2O2. The normalized spacial score (nSPS) is 21.5. The van der Waals surface area contributed by atoms with E-state index in [4.69, 9.17) is 28.0 Å². The van der Waals surface area contributed by atoms with Gasteiger partial charge < -0.3 is 9.74 Å². The molecule has 2 heterocycles. The van der Waals surface area contributed by atoms with Crippen molar-refractivity contribution in [1.82, 2.24) is 4.90 Å². The van der Waals surface area contributed by atoms with E-state index in [1.807, 2.05) is 0 Å². The highest BCUT2D eigenvalue weighted by molar-refractivity contribution is 6.35. The van der Waals surface area contributed by atoms with Crippen LogP contribution in [0.25, 0.3) is 0 Å². The maximum Gasteiger partial charge on any atom is 0.435 e. The lowest BCUT2D eigenvalue weighted by Gasteiger charge is -2.44. The molecule has 2 aliphatic heterocycles. The smallest absolute Gasteiger partial charge is 0.374 e. The standard InChI is InChI=1S/C23H17Cl2F5N2O2/c1-2-3-19(33)32-11-21(27,12-32)14-6-4-13(5-7-14)18-10-22(34-31-18,23(28,29)30)15-8-16(24)20(26)17(25)9-15/h2,4-9H,1,3,10-12H2. The number of hydrogen-bond acceptors (Lipinski definition) is 3. The highest BCUT2D eigenvalue weighted by atomic mass is 35.5. The number of benzene rings is 2. The van der Waals surface area contributed by atoms with Crippen molar-refractivity contribution in [3.63, 3.8) is 0 Å². The monoisotopic (exact) mass is 518 g/mol. The van der Waals surface area contributed by atoms with Crippen molar-refractivity contribution in [2.24, 2.45) is 5.16 Å². The number of alkyl halides is 4. The average Bonchev–Trinajstić information content (AvgIpc) is 3.22. The van der Waals surface area contributed by atoms with Gasteiger partial charge in [0.05, 0.1) is 28.8 Å². The molecule has 11 heteroatoms. The number of hydrogen-bond donors (Lipinski definition) is 0. The molecule has 4 nitrogen and oxygen atoms in total. The van der Waals surface area contributed by atoms with E-state index < -0.39 is 45.3 Å². The number of nitrogens with zero attached hydrogens (tertiary/aromatic N) is 2. The van der Waals surface area contributed by atoms with E-state index in [1.165, 1.54) is 35.2 Å². The van der Waals surface area contributed by atoms with Crippen LogP contribution in [0.4, 0.5) is 22.0 Å². The number of amides is 1. The van der Waals surface area contributed by atoms with Crippen LogP contribution in [0.2, 0.25) is 10.0 Å². The summed E-state index contributed by atoms with van der Waals surface area (Å²) in [5, 5.41) is 2.46. The highest BCUT2D eigenvalue weighted by Crippen LogP contribution is 2.50. The zero-order valence-electron chi connectivity index (χ0n) is 17.4. The van der Waals surface area contributed by atoms with Gasteiger partial charge in [-0.15, -0.1) is 6.58 Å². The molecule has 0 aliphatic carbocycles. The number of carbonyl (C=O) groups is 1. The molecule has 2 aromatic carbocycles. The minimum atomic E-state index is -4.93. The second kappa shape index (κ2) is 8.53. The van der Waals surface area contributed by atoms with Gasteiger partial charge >= 0.3 is 6.18 Å². The van der Waals surface area contributed by atoms with Gasteiger partial charge in [0.1, 0.15) is 0 Å². The Hall–Kier alpha value is -2.65. The van der Waals surface area contributed by atoms with Crippen molar-refractivity contribution in [1.29, 1.82) is 0 Å². The second-order valence-electron chi connectivity index (χ2n) is 8.17. The summed E-state index contributed by atoms with van der Waals surface area (Å²) in [6.45, 7) is 3.24. The lowest BCUT2D eigenvalue weighted by molar-refractivity contribution is -0.275. The Morgan fingerprint density at radius 2 is 1.74 bits per heavy atom. The third-order valence-corrected chi connectivity index (χ3v) is 6.48. The zero-order chi connectivity index (χ0) is 24.9. The second-order valence-corrected chi connectivity index (χ2v) is 8.98. The first-order chi connectivity index (χ1) is 15.9. The fourth-order valence-electron chi connectivity index (χ4n) is 3.98. The first-order valence-electron chi connectivity index (χ1n) is 10.1. The van der Waals surface area contributed by atoms with E-state index in [9.17, 15) is 22.4 Å². The molecule has 0 radical (unpaired) electrons. The van der Waals surface area contributed by atoms with Crippen LogP contribution in [0, 0.1) is 5.82 Å². The summed E-state index contributed by atoms with van der Waals surface area (Å²) in [4.78, 5) is 18.1. The quantitative estimate of drug-likeness (QED) is 0.265. The first kappa shape index (κ1) is 24.5. The fraction of sp³-hybridized carbons (Fsp3) is 0.304. The maximum atomic E-state index is 15.1. The summed E-state index contributed by atoms with van der Waals surface area (Å²) >= 11 is 11.4. The van der Waals surface area contributed by atoms with Gasteiger partial charge in [0.15, 0.2) is 11.5 Å². The van der Waals surface area contributed by atoms with Crippen molar-refractivity contribution in [2.75, 3.05) is 13.1 Å².